The molecule has 0 aliphatic heterocycles. The Kier molecular flexibility index (Phi) is 3.92. The van der Waals surface area contributed by atoms with Crippen LogP contribution in [0, 0.1) is 11.3 Å². The highest BCUT2D eigenvalue weighted by Crippen LogP contribution is 2.24. The SMILES string of the molecule is N#Cc1ccc(C(O)C(O)CCl)cc1O. The van der Waals surface area contributed by atoms with E-state index in [9.17, 15) is 15.3 Å². The lowest BCUT2D eigenvalue weighted by atomic mass is 10.0. The average molecular weight is 228 g/mol. The van der Waals surface area contributed by atoms with Gasteiger partial charge in [0.05, 0.1) is 17.5 Å². The molecule has 0 amide bonds. The first-order chi connectivity index (χ1) is 7.10. The minimum Gasteiger partial charge on any atom is -0.507 e. The summed E-state index contributed by atoms with van der Waals surface area (Å²) in [4.78, 5) is 0. The van der Waals surface area contributed by atoms with Gasteiger partial charge >= 0.3 is 0 Å². The third-order valence-electron chi connectivity index (χ3n) is 2.01. The van der Waals surface area contributed by atoms with Crippen molar-refractivity contribution >= 4 is 11.6 Å². The molecule has 0 bridgehead atoms. The quantitative estimate of drug-likeness (QED) is 0.670. The number of aromatic hydroxyl groups is 1. The number of alkyl halides is 1. The second-order valence-electron chi connectivity index (χ2n) is 3.05. The minimum absolute atomic E-state index is 0.109. The van der Waals surface area contributed by atoms with Crippen molar-refractivity contribution in [2.45, 2.75) is 12.2 Å². The summed E-state index contributed by atoms with van der Waals surface area (Å²) in [6.45, 7) is 0. The summed E-state index contributed by atoms with van der Waals surface area (Å²) in [6.07, 6.45) is -2.26. The molecule has 80 valence electrons. The van der Waals surface area contributed by atoms with Gasteiger partial charge in [-0.1, -0.05) is 6.07 Å². The third kappa shape index (κ3) is 2.60. The second kappa shape index (κ2) is 4.99. The topological polar surface area (TPSA) is 84.5 Å². The molecule has 1 rings (SSSR count). The van der Waals surface area contributed by atoms with Crippen molar-refractivity contribution in [2.24, 2.45) is 0 Å². The van der Waals surface area contributed by atoms with Crippen LogP contribution in [0.2, 0.25) is 0 Å². The number of halogens is 1. The molecule has 0 saturated heterocycles. The summed E-state index contributed by atoms with van der Waals surface area (Å²) < 4.78 is 0. The molecule has 2 unspecified atom stereocenters. The van der Waals surface area contributed by atoms with Crippen LogP contribution < -0.4 is 0 Å². The van der Waals surface area contributed by atoms with E-state index in [-0.39, 0.29) is 17.2 Å². The summed E-state index contributed by atoms with van der Waals surface area (Å²) in [6, 6.07) is 5.85. The molecule has 1 aromatic carbocycles. The Hall–Kier alpha value is -1.28. The van der Waals surface area contributed by atoms with Crippen molar-refractivity contribution in [3.05, 3.63) is 29.3 Å². The Morgan fingerprint density at radius 1 is 1.40 bits per heavy atom. The van der Waals surface area contributed by atoms with E-state index in [4.69, 9.17) is 16.9 Å². The highest BCUT2D eigenvalue weighted by Gasteiger charge is 2.18. The summed E-state index contributed by atoms with van der Waals surface area (Å²) in [5.74, 6) is -0.335. The van der Waals surface area contributed by atoms with Crippen LogP contribution in [0.4, 0.5) is 0 Å². The number of hydrogen-bond donors (Lipinski definition) is 3. The number of aliphatic hydroxyl groups is 2. The lowest BCUT2D eigenvalue weighted by Gasteiger charge is -2.15. The molecule has 0 spiro atoms. The van der Waals surface area contributed by atoms with E-state index in [1.807, 2.05) is 0 Å². The molecule has 0 fully saturated rings. The number of nitriles is 1. The zero-order valence-corrected chi connectivity index (χ0v) is 8.52. The molecule has 1 aromatic rings. The first kappa shape index (κ1) is 11.8. The second-order valence-corrected chi connectivity index (χ2v) is 3.36. The molecule has 0 heterocycles. The fraction of sp³-hybridized carbons (Fsp3) is 0.300. The van der Waals surface area contributed by atoms with Crippen LogP contribution in [-0.2, 0) is 0 Å². The van der Waals surface area contributed by atoms with Crippen LogP contribution in [0.15, 0.2) is 18.2 Å². The Bertz CT molecular complexity index is 389. The Morgan fingerprint density at radius 2 is 2.07 bits per heavy atom. The van der Waals surface area contributed by atoms with Crippen LogP contribution in [0.3, 0.4) is 0 Å². The monoisotopic (exact) mass is 227 g/mol. The maximum Gasteiger partial charge on any atom is 0.133 e. The molecule has 3 N–H and O–H groups in total. The van der Waals surface area contributed by atoms with Gasteiger partial charge in [-0.15, -0.1) is 11.6 Å². The van der Waals surface area contributed by atoms with Crippen molar-refractivity contribution in [3.8, 4) is 11.8 Å². The number of phenolic OH excluding ortho intramolecular Hbond substituents is 1. The molecule has 4 nitrogen and oxygen atoms in total. The number of nitrogens with zero attached hydrogens (tertiary/aromatic N) is 1. The van der Waals surface area contributed by atoms with Crippen molar-refractivity contribution in [1.82, 2.24) is 0 Å². The largest absolute Gasteiger partial charge is 0.507 e. The van der Waals surface area contributed by atoms with Gasteiger partial charge in [-0.05, 0) is 17.7 Å². The maximum absolute atomic E-state index is 9.55. The van der Waals surface area contributed by atoms with Crippen molar-refractivity contribution in [3.63, 3.8) is 0 Å². The van der Waals surface area contributed by atoms with E-state index in [0.717, 1.165) is 0 Å². The lowest BCUT2D eigenvalue weighted by molar-refractivity contribution is 0.0326. The predicted octanol–water partition coefficient (Wildman–Crippen LogP) is 0.897. The van der Waals surface area contributed by atoms with Crippen LogP contribution in [0.25, 0.3) is 0 Å². The van der Waals surface area contributed by atoms with E-state index in [1.165, 1.54) is 18.2 Å². The highest BCUT2D eigenvalue weighted by molar-refractivity contribution is 6.18. The molecular weight excluding hydrogens is 218 g/mol. The highest BCUT2D eigenvalue weighted by atomic mass is 35.5. The fourth-order valence-electron chi connectivity index (χ4n) is 1.13. The molecular formula is C10H10ClNO3. The lowest BCUT2D eigenvalue weighted by Crippen LogP contribution is -2.19. The molecule has 0 radical (unpaired) electrons. The van der Waals surface area contributed by atoms with Gasteiger partial charge < -0.3 is 15.3 Å². The standard InChI is InChI=1S/C10H10ClNO3/c11-4-9(14)10(15)6-1-2-7(5-12)8(13)3-6/h1-3,9-10,13-15H,4H2. The average Bonchev–Trinajstić information content (AvgIpc) is 2.26. The molecule has 0 aliphatic rings. The number of aliphatic hydroxyl groups excluding tert-OH is 2. The van der Waals surface area contributed by atoms with E-state index in [0.29, 0.717) is 5.56 Å². The third-order valence-corrected chi connectivity index (χ3v) is 2.32. The Morgan fingerprint density at radius 3 is 2.53 bits per heavy atom. The van der Waals surface area contributed by atoms with Crippen LogP contribution in [-0.4, -0.2) is 27.3 Å². The van der Waals surface area contributed by atoms with E-state index in [1.54, 1.807) is 6.07 Å². The summed E-state index contributed by atoms with van der Waals surface area (Å²) >= 11 is 5.37. The molecule has 15 heavy (non-hydrogen) atoms. The molecule has 5 heteroatoms. The van der Waals surface area contributed by atoms with E-state index < -0.39 is 12.2 Å². The van der Waals surface area contributed by atoms with Crippen molar-refractivity contribution in [2.75, 3.05) is 5.88 Å². The van der Waals surface area contributed by atoms with E-state index >= 15 is 0 Å². The molecule has 0 aliphatic carbocycles. The molecule has 2 atom stereocenters. The summed E-state index contributed by atoms with van der Waals surface area (Å²) in [5.41, 5.74) is 0.436. The number of hydrogen-bond acceptors (Lipinski definition) is 4. The van der Waals surface area contributed by atoms with Gasteiger partial charge in [0, 0.05) is 0 Å². The number of phenols is 1. The first-order valence-corrected chi connectivity index (χ1v) is 4.78. The molecule has 0 saturated carbocycles. The zero-order valence-electron chi connectivity index (χ0n) is 7.76. The van der Waals surface area contributed by atoms with Gasteiger partial charge in [0.15, 0.2) is 0 Å². The van der Waals surface area contributed by atoms with Gasteiger partial charge in [-0.25, -0.2) is 0 Å². The van der Waals surface area contributed by atoms with Crippen LogP contribution in [0.5, 0.6) is 5.75 Å². The minimum atomic E-state index is -1.17. The van der Waals surface area contributed by atoms with Crippen LogP contribution in [0.1, 0.15) is 17.2 Å². The maximum atomic E-state index is 9.55. The molecule has 0 aromatic heterocycles. The normalized spacial score (nSPS) is 14.3. The van der Waals surface area contributed by atoms with Gasteiger partial charge in [0.1, 0.15) is 17.9 Å². The number of rotatable bonds is 3. The van der Waals surface area contributed by atoms with Gasteiger partial charge in [-0.3, -0.25) is 0 Å². The van der Waals surface area contributed by atoms with Crippen molar-refractivity contribution in [1.29, 1.82) is 5.26 Å². The zero-order chi connectivity index (χ0) is 11.4. The predicted molar refractivity (Wildman–Crippen MR) is 54.5 cm³/mol. The van der Waals surface area contributed by atoms with E-state index in [2.05, 4.69) is 0 Å². The Balaban J connectivity index is 2.98. The van der Waals surface area contributed by atoms with Crippen LogP contribution >= 0.6 is 11.6 Å². The summed E-state index contributed by atoms with van der Waals surface area (Å²) in [5, 5.41) is 36.7. The smallest absolute Gasteiger partial charge is 0.133 e. The first-order valence-electron chi connectivity index (χ1n) is 4.25. The Labute approximate surface area is 92.0 Å². The summed E-state index contributed by atoms with van der Waals surface area (Å²) in [7, 11) is 0. The van der Waals surface area contributed by atoms with Crippen molar-refractivity contribution < 1.29 is 15.3 Å². The van der Waals surface area contributed by atoms with Gasteiger partial charge in [-0.2, -0.15) is 5.26 Å². The van der Waals surface area contributed by atoms with Gasteiger partial charge in [0.2, 0.25) is 0 Å². The fourth-order valence-corrected chi connectivity index (χ4v) is 1.30. The number of benzene rings is 1. The van der Waals surface area contributed by atoms with Gasteiger partial charge in [0.25, 0.3) is 0 Å².